The van der Waals surface area contributed by atoms with Crippen molar-refractivity contribution in [3.8, 4) is 5.75 Å². The third-order valence-corrected chi connectivity index (χ3v) is 5.47. The average Bonchev–Trinajstić information content (AvgIpc) is 2.71. The van der Waals surface area contributed by atoms with E-state index < -0.39 is 0 Å². The van der Waals surface area contributed by atoms with Crippen molar-refractivity contribution in [2.45, 2.75) is 12.8 Å². The number of hydrogen-bond acceptors (Lipinski definition) is 5. The number of carbonyl (C=O) groups is 1. The minimum Gasteiger partial charge on any atom is -0.497 e. The molecule has 2 heterocycles. The summed E-state index contributed by atoms with van der Waals surface area (Å²) in [5.74, 6) is 0.902. The molecule has 0 radical (unpaired) electrons. The van der Waals surface area contributed by atoms with E-state index in [9.17, 15) is 4.79 Å². The van der Waals surface area contributed by atoms with Crippen molar-refractivity contribution in [2.24, 2.45) is 0 Å². The fourth-order valence-electron chi connectivity index (χ4n) is 3.73. The van der Waals surface area contributed by atoms with Gasteiger partial charge in [0, 0.05) is 37.3 Å². The first kappa shape index (κ1) is 17.7. The molecule has 1 aromatic carbocycles. The maximum absolute atomic E-state index is 12.8. The Labute approximate surface area is 160 Å². The van der Waals surface area contributed by atoms with E-state index in [4.69, 9.17) is 4.74 Å². The number of ketones is 1. The van der Waals surface area contributed by atoms with Gasteiger partial charge >= 0.3 is 0 Å². The van der Waals surface area contributed by atoms with Crippen LogP contribution in [0.2, 0.25) is 0 Å². The van der Waals surface area contributed by atoms with Crippen LogP contribution < -0.4 is 9.64 Å². The molecule has 0 spiro atoms. The van der Waals surface area contributed by atoms with Crippen LogP contribution in [0.4, 0.5) is 5.69 Å². The first-order valence-electron chi connectivity index (χ1n) is 9.46. The van der Waals surface area contributed by atoms with Gasteiger partial charge in [-0.1, -0.05) is 0 Å². The van der Waals surface area contributed by atoms with Gasteiger partial charge in [-0.3, -0.25) is 9.78 Å². The number of nitrogens with zero attached hydrogens (tertiary/aromatic N) is 3. The topological polar surface area (TPSA) is 45.7 Å². The van der Waals surface area contributed by atoms with Gasteiger partial charge in [0.05, 0.1) is 24.7 Å². The Hall–Kier alpha value is -2.66. The van der Waals surface area contributed by atoms with Crippen LogP contribution >= 0.6 is 0 Å². The summed E-state index contributed by atoms with van der Waals surface area (Å²) in [6.07, 6.45) is 5.44. The number of methoxy groups -OCH3 is 1. The Morgan fingerprint density at radius 3 is 2.59 bits per heavy atom. The quantitative estimate of drug-likeness (QED) is 0.785. The molecule has 2 aliphatic rings. The number of likely N-dealkylation sites (N-methyl/N-ethyl adjacent to an activating group) is 1. The fraction of sp³-hybridized carbons (Fsp3) is 0.364. The lowest BCUT2D eigenvalue weighted by Gasteiger charge is -2.33. The Bertz CT molecular complexity index is 866. The SMILES string of the molecule is COc1ccc2c(c1)CC/C(=C\c1ccc(N3CCN(C)CC3)cn1)C2=O. The maximum Gasteiger partial charge on any atom is 0.189 e. The van der Waals surface area contributed by atoms with E-state index in [1.807, 2.05) is 36.5 Å². The lowest BCUT2D eigenvalue weighted by molar-refractivity contribution is 0.102. The second-order valence-corrected chi connectivity index (χ2v) is 7.25. The van der Waals surface area contributed by atoms with Gasteiger partial charge < -0.3 is 14.5 Å². The summed E-state index contributed by atoms with van der Waals surface area (Å²) >= 11 is 0. The van der Waals surface area contributed by atoms with Gasteiger partial charge in [0.2, 0.25) is 0 Å². The van der Waals surface area contributed by atoms with Crippen molar-refractivity contribution < 1.29 is 9.53 Å². The third kappa shape index (κ3) is 3.74. The van der Waals surface area contributed by atoms with Crippen molar-refractivity contribution in [3.63, 3.8) is 0 Å². The zero-order valence-electron chi connectivity index (χ0n) is 15.9. The number of fused-ring (bicyclic) bond motifs is 1. The molecule has 0 unspecified atom stereocenters. The molecule has 1 aromatic heterocycles. The second kappa shape index (κ2) is 7.53. The van der Waals surface area contributed by atoms with Crippen molar-refractivity contribution in [1.82, 2.24) is 9.88 Å². The number of rotatable bonds is 3. The summed E-state index contributed by atoms with van der Waals surface area (Å²) in [7, 11) is 3.80. The Morgan fingerprint density at radius 2 is 1.89 bits per heavy atom. The van der Waals surface area contributed by atoms with Crippen molar-refractivity contribution in [1.29, 1.82) is 0 Å². The number of piperazine rings is 1. The molecule has 0 saturated carbocycles. The molecule has 1 aliphatic heterocycles. The molecule has 5 nitrogen and oxygen atoms in total. The Balaban J connectivity index is 1.51. The van der Waals surface area contributed by atoms with Gasteiger partial charge in [-0.2, -0.15) is 0 Å². The first-order chi connectivity index (χ1) is 13.1. The van der Waals surface area contributed by atoms with Crippen LogP contribution in [0.3, 0.4) is 0 Å². The molecule has 1 fully saturated rings. The summed E-state index contributed by atoms with van der Waals surface area (Å²) in [4.78, 5) is 22.1. The summed E-state index contributed by atoms with van der Waals surface area (Å²) in [5, 5.41) is 0. The van der Waals surface area contributed by atoms with Gasteiger partial charge in [0.25, 0.3) is 0 Å². The molecule has 140 valence electrons. The van der Waals surface area contributed by atoms with Crippen LogP contribution in [0, 0.1) is 0 Å². The van der Waals surface area contributed by atoms with E-state index >= 15 is 0 Å². The van der Waals surface area contributed by atoms with Crippen molar-refractivity contribution in [3.05, 3.63) is 58.9 Å². The van der Waals surface area contributed by atoms with Crippen molar-refractivity contribution in [2.75, 3.05) is 45.2 Å². The van der Waals surface area contributed by atoms with E-state index in [1.165, 1.54) is 0 Å². The largest absolute Gasteiger partial charge is 0.497 e. The van der Waals surface area contributed by atoms with Crippen LogP contribution in [0.15, 0.2) is 42.1 Å². The molecular weight excluding hydrogens is 338 g/mol. The normalized spacial score (nSPS) is 19.3. The van der Waals surface area contributed by atoms with Gasteiger partial charge in [0.15, 0.2) is 5.78 Å². The maximum atomic E-state index is 12.8. The molecule has 0 bridgehead atoms. The fourth-order valence-corrected chi connectivity index (χ4v) is 3.73. The van der Waals surface area contributed by atoms with Gasteiger partial charge in [0.1, 0.15) is 5.75 Å². The summed E-state index contributed by atoms with van der Waals surface area (Å²) in [6.45, 7) is 4.20. The van der Waals surface area contributed by atoms with E-state index in [1.54, 1.807) is 7.11 Å². The average molecular weight is 363 g/mol. The minimum absolute atomic E-state index is 0.101. The smallest absolute Gasteiger partial charge is 0.189 e. The molecule has 0 amide bonds. The van der Waals surface area contributed by atoms with Crippen LogP contribution in [-0.4, -0.2) is 56.0 Å². The predicted molar refractivity (Wildman–Crippen MR) is 108 cm³/mol. The number of carbonyl (C=O) groups excluding carboxylic acids is 1. The summed E-state index contributed by atoms with van der Waals surface area (Å²) in [5.41, 5.74) is 4.66. The Morgan fingerprint density at radius 1 is 1.07 bits per heavy atom. The standard InChI is InChI=1S/C22H25N3O2/c1-24-9-11-25(12-10-24)19-6-5-18(23-15-19)13-17-4-3-16-14-20(27-2)7-8-21(16)22(17)26/h5-8,13-15H,3-4,9-12H2,1-2H3/b17-13+. The van der Waals surface area contributed by atoms with Gasteiger partial charge in [-0.05, 0) is 61.9 Å². The summed E-state index contributed by atoms with van der Waals surface area (Å²) < 4.78 is 5.26. The molecule has 2 aromatic rings. The molecule has 0 atom stereocenters. The lowest BCUT2D eigenvalue weighted by atomic mass is 9.86. The summed E-state index contributed by atoms with van der Waals surface area (Å²) in [6, 6.07) is 9.80. The highest BCUT2D eigenvalue weighted by molar-refractivity contribution is 6.13. The number of aryl methyl sites for hydroxylation is 1. The van der Waals surface area contributed by atoms with E-state index in [2.05, 4.69) is 27.9 Å². The minimum atomic E-state index is 0.101. The number of aromatic nitrogens is 1. The number of hydrogen-bond donors (Lipinski definition) is 0. The Kier molecular flexibility index (Phi) is 4.94. The number of Topliss-reactive ketones (excluding diaryl/α,β-unsaturated/α-hetero) is 1. The number of anilines is 1. The number of ether oxygens (including phenoxy) is 1. The molecule has 0 N–H and O–H groups in total. The van der Waals surface area contributed by atoms with Crippen LogP contribution in [0.5, 0.6) is 5.75 Å². The van der Waals surface area contributed by atoms with Crippen LogP contribution in [0.1, 0.15) is 28.0 Å². The van der Waals surface area contributed by atoms with E-state index in [0.717, 1.165) is 72.9 Å². The molecule has 4 rings (SSSR count). The molecule has 5 heteroatoms. The first-order valence-corrected chi connectivity index (χ1v) is 9.46. The number of pyridine rings is 1. The van der Waals surface area contributed by atoms with E-state index in [0.29, 0.717) is 0 Å². The van der Waals surface area contributed by atoms with Crippen LogP contribution in [-0.2, 0) is 6.42 Å². The number of allylic oxidation sites excluding steroid dienone is 1. The lowest BCUT2D eigenvalue weighted by Crippen LogP contribution is -2.44. The zero-order valence-corrected chi connectivity index (χ0v) is 15.9. The molecule has 27 heavy (non-hydrogen) atoms. The number of benzene rings is 1. The third-order valence-electron chi connectivity index (χ3n) is 5.47. The predicted octanol–water partition coefficient (Wildman–Crippen LogP) is 3.05. The highest BCUT2D eigenvalue weighted by atomic mass is 16.5. The van der Waals surface area contributed by atoms with Gasteiger partial charge in [-0.25, -0.2) is 0 Å². The van der Waals surface area contributed by atoms with Crippen molar-refractivity contribution >= 4 is 17.5 Å². The molecule has 1 saturated heterocycles. The zero-order chi connectivity index (χ0) is 18.8. The molecular formula is C22H25N3O2. The highest BCUT2D eigenvalue weighted by Gasteiger charge is 2.22. The second-order valence-electron chi connectivity index (χ2n) is 7.25. The monoisotopic (exact) mass is 363 g/mol. The van der Waals surface area contributed by atoms with E-state index in [-0.39, 0.29) is 5.78 Å². The van der Waals surface area contributed by atoms with Gasteiger partial charge in [-0.15, -0.1) is 0 Å². The highest BCUT2D eigenvalue weighted by Crippen LogP contribution is 2.29. The van der Waals surface area contributed by atoms with Crippen LogP contribution in [0.25, 0.3) is 6.08 Å². The molecule has 1 aliphatic carbocycles.